The smallest absolute Gasteiger partial charge is 0.407 e. The zero-order chi connectivity index (χ0) is 18.6. The van der Waals surface area contributed by atoms with Gasteiger partial charge in [-0.2, -0.15) is 0 Å². The fraction of sp³-hybridized carbons (Fsp3) is 0.600. The summed E-state index contributed by atoms with van der Waals surface area (Å²) in [6.45, 7) is 11.0. The van der Waals surface area contributed by atoms with Gasteiger partial charge in [0, 0.05) is 25.9 Å². The van der Waals surface area contributed by atoms with E-state index in [1.165, 1.54) is 4.90 Å². The highest BCUT2D eigenvalue weighted by molar-refractivity contribution is 6.03. The molecule has 0 bridgehead atoms. The molecule has 25 heavy (non-hydrogen) atoms. The Morgan fingerprint density at radius 3 is 2.28 bits per heavy atom. The van der Waals surface area contributed by atoms with Crippen molar-refractivity contribution in [2.45, 2.75) is 53.1 Å². The van der Waals surface area contributed by atoms with Crippen LogP contribution in [0.4, 0.5) is 4.79 Å². The number of fused-ring (bicyclic) bond motifs is 1. The van der Waals surface area contributed by atoms with Crippen LogP contribution in [-0.2, 0) is 0 Å². The minimum Gasteiger partial charge on any atom is -0.486 e. The van der Waals surface area contributed by atoms with E-state index in [-0.39, 0.29) is 17.1 Å². The lowest BCUT2D eigenvalue weighted by molar-refractivity contribution is -0.0696. The lowest BCUT2D eigenvalue weighted by Gasteiger charge is -2.52. The van der Waals surface area contributed by atoms with Gasteiger partial charge in [-0.1, -0.05) is 20.8 Å². The predicted molar refractivity (Wildman–Crippen MR) is 95.4 cm³/mol. The van der Waals surface area contributed by atoms with Crippen LogP contribution in [-0.4, -0.2) is 40.6 Å². The Kier molecular flexibility index (Phi) is 4.09. The molecule has 1 saturated heterocycles. The summed E-state index contributed by atoms with van der Waals surface area (Å²) in [5.74, 6) is 0.489. The van der Waals surface area contributed by atoms with E-state index in [0.717, 1.165) is 11.1 Å². The number of rotatable bonds is 0. The molecule has 1 unspecified atom stereocenters. The third kappa shape index (κ3) is 2.90. The highest BCUT2D eigenvalue weighted by Gasteiger charge is 2.55. The monoisotopic (exact) mass is 345 g/mol. The van der Waals surface area contributed by atoms with E-state index < -0.39 is 11.7 Å². The molecule has 0 aliphatic carbocycles. The molecule has 1 aromatic carbocycles. The molecule has 0 aromatic heterocycles. The van der Waals surface area contributed by atoms with Gasteiger partial charge in [0.1, 0.15) is 11.4 Å². The van der Waals surface area contributed by atoms with E-state index in [1.807, 2.05) is 26.0 Å². The normalized spacial score (nSPS) is 22.5. The second kappa shape index (κ2) is 5.75. The number of benzene rings is 1. The van der Waals surface area contributed by atoms with Gasteiger partial charge >= 0.3 is 6.09 Å². The predicted octanol–water partition coefficient (Wildman–Crippen LogP) is 4.05. The first-order chi connectivity index (χ1) is 11.5. The van der Waals surface area contributed by atoms with Crippen LogP contribution in [0, 0.1) is 25.2 Å². The summed E-state index contributed by atoms with van der Waals surface area (Å²) < 4.78 is 6.49. The molecular weight excluding hydrogens is 318 g/mol. The van der Waals surface area contributed by atoms with Crippen molar-refractivity contribution in [2.24, 2.45) is 11.3 Å². The summed E-state index contributed by atoms with van der Waals surface area (Å²) in [6.07, 6.45) is 0.176. The summed E-state index contributed by atoms with van der Waals surface area (Å²) in [5.41, 5.74) is 1.95. The Labute approximate surface area is 149 Å². The molecule has 1 spiro atoms. The summed E-state index contributed by atoms with van der Waals surface area (Å²) in [6, 6.07) is 3.89. The number of ether oxygens (including phenoxy) is 1. The topological polar surface area (TPSA) is 66.8 Å². The highest BCUT2D eigenvalue weighted by atomic mass is 16.5. The summed E-state index contributed by atoms with van der Waals surface area (Å²) in [7, 11) is 0. The largest absolute Gasteiger partial charge is 0.486 e. The Morgan fingerprint density at radius 2 is 1.76 bits per heavy atom. The first kappa shape index (κ1) is 17.8. The minimum absolute atomic E-state index is 0.126. The second-order valence-corrected chi connectivity index (χ2v) is 8.53. The number of aryl methyl sites for hydroxylation is 2. The third-order valence-corrected chi connectivity index (χ3v) is 5.71. The molecule has 136 valence electrons. The van der Waals surface area contributed by atoms with Crippen LogP contribution < -0.4 is 4.74 Å². The minimum atomic E-state index is -0.906. The van der Waals surface area contributed by atoms with E-state index >= 15 is 0 Å². The van der Waals surface area contributed by atoms with E-state index in [9.17, 15) is 14.7 Å². The number of carbonyl (C=O) groups is 2. The number of likely N-dealkylation sites (tertiary alicyclic amines) is 1. The molecule has 1 N–H and O–H groups in total. The maximum absolute atomic E-state index is 13.4. The third-order valence-electron chi connectivity index (χ3n) is 5.71. The van der Waals surface area contributed by atoms with Gasteiger partial charge in [-0.15, -0.1) is 0 Å². The van der Waals surface area contributed by atoms with Gasteiger partial charge < -0.3 is 14.7 Å². The fourth-order valence-electron chi connectivity index (χ4n) is 4.39. The van der Waals surface area contributed by atoms with E-state index in [4.69, 9.17) is 4.74 Å². The van der Waals surface area contributed by atoms with Crippen LogP contribution in [0.25, 0.3) is 0 Å². The van der Waals surface area contributed by atoms with Crippen molar-refractivity contribution in [1.82, 2.24) is 4.90 Å². The zero-order valence-electron chi connectivity index (χ0n) is 15.7. The average molecular weight is 345 g/mol. The number of hydrogen-bond acceptors (Lipinski definition) is 3. The van der Waals surface area contributed by atoms with Crippen molar-refractivity contribution >= 4 is 11.9 Å². The molecular formula is C20H27NO4. The quantitative estimate of drug-likeness (QED) is 0.770. The number of Topliss-reactive ketones (excluding diaryl/α,β-unsaturated/α-hetero) is 1. The molecule has 0 saturated carbocycles. The summed E-state index contributed by atoms with van der Waals surface area (Å²) >= 11 is 0. The molecule has 5 nitrogen and oxygen atoms in total. The van der Waals surface area contributed by atoms with Crippen molar-refractivity contribution < 1.29 is 19.4 Å². The number of carbonyl (C=O) groups excluding carboxylic acids is 1. The standard InChI is InChI=1S/C20H27NO4/c1-12-10-14-15(11-13(12)2)25-20(17(16(14)22)19(3,4)5)6-8-21(9-7-20)18(23)24/h10-11,17H,6-9H2,1-5H3,(H,23,24). The number of amides is 1. The van der Waals surface area contributed by atoms with Crippen LogP contribution in [0.2, 0.25) is 0 Å². The Balaban J connectivity index is 2.06. The van der Waals surface area contributed by atoms with Gasteiger partial charge in [0.15, 0.2) is 5.78 Å². The van der Waals surface area contributed by atoms with Crippen molar-refractivity contribution in [3.63, 3.8) is 0 Å². The molecule has 1 fully saturated rings. The number of piperidine rings is 1. The fourth-order valence-corrected chi connectivity index (χ4v) is 4.39. The van der Waals surface area contributed by atoms with Crippen molar-refractivity contribution in [3.05, 3.63) is 28.8 Å². The molecule has 2 heterocycles. The molecule has 0 radical (unpaired) electrons. The molecule has 2 aliphatic rings. The van der Waals surface area contributed by atoms with Crippen LogP contribution >= 0.6 is 0 Å². The Hall–Kier alpha value is -2.04. The maximum Gasteiger partial charge on any atom is 0.407 e. The van der Waals surface area contributed by atoms with E-state index in [2.05, 4.69) is 20.8 Å². The molecule has 2 aliphatic heterocycles. The Morgan fingerprint density at radius 1 is 1.20 bits per heavy atom. The van der Waals surface area contributed by atoms with Crippen molar-refractivity contribution in [3.8, 4) is 5.75 Å². The zero-order valence-corrected chi connectivity index (χ0v) is 15.7. The van der Waals surface area contributed by atoms with Crippen LogP contribution in [0.3, 0.4) is 0 Å². The number of nitrogens with zero attached hydrogens (tertiary/aromatic N) is 1. The molecule has 1 aromatic rings. The highest BCUT2D eigenvalue weighted by Crippen LogP contribution is 2.50. The summed E-state index contributed by atoms with van der Waals surface area (Å²) in [4.78, 5) is 26.1. The average Bonchev–Trinajstić information content (AvgIpc) is 2.48. The van der Waals surface area contributed by atoms with E-state index in [0.29, 0.717) is 37.2 Å². The van der Waals surface area contributed by atoms with Crippen LogP contribution in [0.15, 0.2) is 12.1 Å². The SMILES string of the molecule is Cc1cc2c(cc1C)C(=O)C(C(C)(C)C)C1(CCN(C(=O)O)CC1)O2. The Bertz CT molecular complexity index is 724. The van der Waals surface area contributed by atoms with Gasteiger partial charge in [0.2, 0.25) is 0 Å². The first-order valence-electron chi connectivity index (χ1n) is 8.87. The second-order valence-electron chi connectivity index (χ2n) is 8.53. The summed E-state index contributed by atoms with van der Waals surface area (Å²) in [5, 5.41) is 9.25. The van der Waals surface area contributed by atoms with Crippen molar-refractivity contribution in [2.75, 3.05) is 13.1 Å². The van der Waals surface area contributed by atoms with Gasteiger partial charge in [0.05, 0.1) is 11.5 Å². The number of carboxylic acid groups (broad SMARTS) is 1. The lowest BCUT2D eigenvalue weighted by Crippen LogP contribution is -2.60. The van der Waals surface area contributed by atoms with Crippen molar-refractivity contribution in [1.29, 1.82) is 0 Å². The number of hydrogen-bond donors (Lipinski definition) is 1. The van der Waals surface area contributed by atoms with E-state index in [1.54, 1.807) is 0 Å². The van der Waals surface area contributed by atoms with Gasteiger partial charge in [-0.05, 0) is 42.5 Å². The molecule has 3 rings (SSSR count). The van der Waals surface area contributed by atoms with Gasteiger partial charge in [0.25, 0.3) is 0 Å². The van der Waals surface area contributed by atoms with Gasteiger partial charge in [-0.25, -0.2) is 4.79 Å². The van der Waals surface area contributed by atoms with Gasteiger partial charge in [-0.3, -0.25) is 4.79 Å². The maximum atomic E-state index is 13.4. The molecule has 5 heteroatoms. The first-order valence-corrected chi connectivity index (χ1v) is 8.87. The van der Waals surface area contributed by atoms with Crippen LogP contribution in [0.1, 0.15) is 55.1 Å². The molecule has 1 amide bonds. The van der Waals surface area contributed by atoms with Crippen LogP contribution in [0.5, 0.6) is 5.75 Å². The lowest BCUT2D eigenvalue weighted by atomic mass is 9.62. The molecule has 1 atom stereocenters. The number of ketones is 1.